The summed E-state index contributed by atoms with van der Waals surface area (Å²) in [7, 11) is 0. The van der Waals surface area contributed by atoms with Crippen molar-refractivity contribution in [2.75, 3.05) is 32.8 Å². The first-order valence-electron chi connectivity index (χ1n) is 8.02. The number of hydrogen-bond donors (Lipinski definition) is 1. The van der Waals surface area contributed by atoms with Crippen LogP contribution in [0.5, 0.6) is 0 Å². The molecule has 0 bridgehead atoms. The Labute approximate surface area is 120 Å². The zero-order valence-electron chi connectivity index (χ0n) is 13.7. The molecule has 0 radical (unpaired) electrons. The summed E-state index contributed by atoms with van der Waals surface area (Å²) in [5, 5.41) is 3.58. The Morgan fingerprint density at radius 1 is 1.16 bits per heavy atom. The lowest BCUT2D eigenvalue weighted by atomic mass is 9.77. The maximum Gasteiger partial charge on any atom is 0.0695 e. The van der Waals surface area contributed by atoms with Crippen molar-refractivity contribution in [3.8, 4) is 0 Å². The quantitative estimate of drug-likeness (QED) is 0.697. The van der Waals surface area contributed by atoms with E-state index >= 15 is 0 Å². The summed E-state index contributed by atoms with van der Waals surface area (Å²) < 4.78 is 6.23. The van der Waals surface area contributed by atoms with Crippen LogP contribution in [0.3, 0.4) is 0 Å². The van der Waals surface area contributed by atoms with Crippen molar-refractivity contribution < 1.29 is 4.74 Å². The topological polar surface area (TPSA) is 24.5 Å². The second-order valence-electron chi connectivity index (χ2n) is 6.84. The van der Waals surface area contributed by atoms with E-state index in [0.29, 0.717) is 0 Å². The van der Waals surface area contributed by atoms with Crippen LogP contribution in [-0.2, 0) is 4.74 Å². The van der Waals surface area contributed by atoms with Crippen molar-refractivity contribution in [2.45, 2.75) is 71.4 Å². The third kappa shape index (κ3) is 6.24. The first-order valence-corrected chi connectivity index (χ1v) is 8.02. The monoisotopic (exact) mass is 270 g/mol. The molecular formula is C16H34N2O. The molecule has 114 valence electrons. The number of ether oxygens (including phenoxy) is 1. The van der Waals surface area contributed by atoms with Gasteiger partial charge in [-0.25, -0.2) is 0 Å². The summed E-state index contributed by atoms with van der Waals surface area (Å²) in [6.45, 7) is 16.4. The van der Waals surface area contributed by atoms with Crippen molar-refractivity contribution in [1.82, 2.24) is 10.2 Å². The highest BCUT2D eigenvalue weighted by atomic mass is 16.5. The second kappa shape index (κ2) is 7.61. The van der Waals surface area contributed by atoms with Gasteiger partial charge >= 0.3 is 0 Å². The van der Waals surface area contributed by atoms with Gasteiger partial charge in [0.05, 0.1) is 12.2 Å². The summed E-state index contributed by atoms with van der Waals surface area (Å²) in [5.74, 6) is 0. The first kappa shape index (κ1) is 16.9. The maximum atomic E-state index is 6.23. The summed E-state index contributed by atoms with van der Waals surface area (Å²) in [6, 6.07) is 0. The fourth-order valence-corrected chi connectivity index (χ4v) is 2.63. The van der Waals surface area contributed by atoms with Crippen LogP contribution in [0.15, 0.2) is 0 Å². The van der Waals surface area contributed by atoms with Gasteiger partial charge in [-0.05, 0) is 66.1 Å². The minimum Gasteiger partial charge on any atom is -0.374 e. The molecular weight excluding hydrogens is 236 g/mol. The van der Waals surface area contributed by atoms with E-state index < -0.39 is 0 Å². The lowest BCUT2D eigenvalue weighted by Gasteiger charge is -2.43. The third-order valence-electron chi connectivity index (χ3n) is 4.21. The van der Waals surface area contributed by atoms with Crippen LogP contribution in [0.4, 0.5) is 0 Å². The van der Waals surface area contributed by atoms with Crippen molar-refractivity contribution >= 4 is 0 Å². The van der Waals surface area contributed by atoms with Gasteiger partial charge in [-0.15, -0.1) is 0 Å². The van der Waals surface area contributed by atoms with E-state index in [0.717, 1.165) is 39.2 Å². The van der Waals surface area contributed by atoms with Crippen LogP contribution in [0.1, 0.15) is 60.3 Å². The molecule has 1 saturated carbocycles. The molecule has 0 saturated heterocycles. The van der Waals surface area contributed by atoms with Gasteiger partial charge in [0.15, 0.2) is 0 Å². The van der Waals surface area contributed by atoms with Gasteiger partial charge < -0.3 is 15.0 Å². The Kier molecular flexibility index (Phi) is 6.78. The van der Waals surface area contributed by atoms with Crippen LogP contribution >= 0.6 is 0 Å². The predicted molar refractivity (Wildman–Crippen MR) is 82.7 cm³/mol. The number of likely N-dealkylation sites (N-methyl/N-ethyl adjacent to an activating group) is 1. The first-order chi connectivity index (χ1) is 8.91. The number of rotatable bonds is 9. The molecule has 0 spiro atoms. The van der Waals surface area contributed by atoms with Crippen molar-refractivity contribution in [3.05, 3.63) is 0 Å². The largest absolute Gasteiger partial charge is 0.374 e. The van der Waals surface area contributed by atoms with Gasteiger partial charge in [0.25, 0.3) is 0 Å². The van der Waals surface area contributed by atoms with E-state index in [4.69, 9.17) is 4.74 Å². The average molecular weight is 270 g/mol. The lowest BCUT2D eigenvalue weighted by Crippen LogP contribution is -2.46. The van der Waals surface area contributed by atoms with Gasteiger partial charge in [-0.3, -0.25) is 0 Å². The molecule has 1 rings (SSSR count). The van der Waals surface area contributed by atoms with E-state index in [1.54, 1.807) is 0 Å². The van der Waals surface area contributed by atoms with Crippen molar-refractivity contribution in [1.29, 1.82) is 0 Å². The van der Waals surface area contributed by atoms with E-state index in [-0.39, 0.29) is 11.1 Å². The Balaban J connectivity index is 2.23. The highest BCUT2D eigenvalue weighted by molar-refractivity contribution is 4.91. The SMILES string of the molecule is CCN(CC)CCOC1(CCNC(C)(C)C)CCC1. The van der Waals surface area contributed by atoms with E-state index in [9.17, 15) is 0 Å². The Morgan fingerprint density at radius 2 is 1.79 bits per heavy atom. The molecule has 3 heteroatoms. The molecule has 0 aliphatic heterocycles. The molecule has 0 unspecified atom stereocenters. The van der Waals surface area contributed by atoms with Crippen LogP contribution in [0, 0.1) is 0 Å². The molecule has 0 atom stereocenters. The number of nitrogens with zero attached hydrogens (tertiary/aromatic N) is 1. The van der Waals surface area contributed by atoms with Gasteiger partial charge in [0.2, 0.25) is 0 Å². The van der Waals surface area contributed by atoms with Crippen LogP contribution < -0.4 is 5.32 Å². The zero-order valence-corrected chi connectivity index (χ0v) is 13.7. The zero-order chi connectivity index (χ0) is 14.4. The predicted octanol–water partition coefficient (Wildman–Crippen LogP) is 3.05. The van der Waals surface area contributed by atoms with Gasteiger partial charge in [-0.2, -0.15) is 0 Å². The van der Waals surface area contributed by atoms with Crippen LogP contribution in [0.25, 0.3) is 0 Å². The van der Waals surface area contributed by atoms with E-state index in [2.05, 4.69) is 44.8 Å². The molecule has 3 nitrogen and oxygen atoms in total. The molecule has 0 amide bonds. The molecule has 1 aliphatic rings. The third-order valence-corrected chi connectivity index (χ3v) is 4.21. The highest BCUT2D eigenvalue weighted by Crippen LogP contribution is 2.38. The van der Waals surface area contributed by atoms with E-state index in [1.165, 1.54) is 19.3 Å². The minimum atomic E-state index is 0.186. The van der Waals surface area contributed by atoms with Crippen LogP contribution in [0.2, 0.25) is 0 Å². The molecule has 0 heterocycles. The normalized spacial score (nSPS) is 18.6. The Bertz CT molecular complexity index is 240. The Hall–Kier alpha value is -0.120. The number of nitrogens with one attached hydrogen (secondary N) is 1. The molecule has 19 heavy (non-hydrogen) atoms. The molecule has 1 fully saturated rings. The molecule has 0 aromatic rings. The summed E-state index contributed by atoms with van der Waals surface area (Å²) in [4.78, 5) is 2.43. The number of hydrogen-bond acceptors (Lipinski definition) is 3. The molecule has 0 aromatic carbocycles. The molecule has 1 aliphatic carbocycles. The smallest absolute Gasteiger partial charge is 0.0695 e. The second-order valence-corrected chi connectivity index (χ2v) is 6.84. The summed E-state index contributed by atoms with van der Waals surface area (Å²) in [6.07, 6.45) is 4.98. The minimum absolute atomic E-state index is 0.186. The standard InChI is InChI=1S/C16H34N2O/c1-6-18(7-2)13-14-19-16(9-8-10-16)11-12-17-15(3,4)5/h17H,6-14H2,1-5H3. The fraction of sp³-hybridized carbons (Fsp3) is 1.00. The molecule has 1 N–H and O–H groups in total. The highest BCUT2D eigenvalue weighted by Gasteiger charge is 2.37. The van der Waals surface area contributed by atoms with Gasteiger partial charge in [0, 0.05) is 12.1 Å². The van der Waals surface area contributed by atoms with E-state index in [1.807, 2.05) is 0 Å². The van der Waals surface area contributed by atoms with Gasteiger partial charge in [-0.1, -0.05) is 13.8 Å². The Morgan fingerprint density at radius 3 is 2.21 bits per heavy atom. The summed E-state index contributed by atoms with van der Waals surface area (Å²) in [5.41, 5.74) is 0.400. The molecule has 0 aromatic heterocycles. The van der Waals surface area contributed by atoms with Crippen LogP contribution in [-0.4, -0.2) is 48.8 Å². The fourth-order valence-electron chi connectivity index (χ4n) is 2.63. The summed E-state index contributed by atoms with van der Waals surface area (Å²) >= 11 is 0. The maximum absolute atomic E-state index is 6.23. The van der Waals surface area contributed by atoms with Gasteiger partial charge in [0.1, 0.15) is 0 Å². The average Bonchev–Trinajstić information content (AvgIpc) is 2.29. The van der Waals surface area contributed by atoms with Crippen molar-refractivity contribution in [2.24, 2.45) is 0 Å². The lowest BCUT2D eigenvalue weighted by molar-refractivity contribution is -0.108. The van der Waals surface area contributed by atoms with Crippen molar-refractivity contribution in [3.63, 3.8) is 0 Å².